The molecule has 0 unspecified atom stereocenters. The molecule has 2 heteroatoms. The average molecular weight is 271 g/mol. The van der Waals surface area contributed by atoms with Gasteiger partial charge in [-0.25, -0.2) is 4.58 Å². The minimum Gasteiger partial charge on any atom is -0.320 e. The summed E-state index contributed by atoms with van der Waals surface area (Å²) in [4.78, 5) is 2.40. The van der Waals surface area contributed by atoms with E-state index in [1.807, 2.05) is 0 Å². The van der Waals surface area contributed by atoms with Crippen molar-refractivity contribution in [1.29, 1.82) is 0 Å². The van der Waals surface area contributed by atoms with Crippen LogP contribution in [0.25, 0.3) is 0 Å². The standard InChI is InChI=1S/C18H27N2/c1-14-10-11-17-16(12-14)18(2,3)20(13-19(17)4)15-8-6-5-7-9-15/h10-12H,5-9,13H2,1-4H3/q+1. The third-order valence-electron chi connectivity index (χ3n) is 5.06. The van der Waals surface area contributed by atoms with Crippen LogP contribution in [-0.2, 0) is 5.54 Å². The fourth-order valence-electron chi connectivity index (χ4n) is 3.81. The van der Waals surface area contributed by atoms with E-state index in [9.17, 15) is 0 Å². The Hall–Kier alpha value is -1.31. The summed E-state index contributed by atoms with van der Waals surface area (Å²) in [5.41, 5.74) is 6.01. The summed E-state index contributed by atoms with van der Waals surface area (Å²) >= 11 is 0. The van der Waals surface area contributed by atoms with Gasteiger partial charge in [-0.1, -0.05) is 18.1 Å². The number of hydrogen-bond donors (Lipinski definition) is 0. The SMILES string of the molecule is Cc1ccc2c(c1)C(C)(C)[N+](=C1CCCCC1)CN2C. The molecule has 20 heavy (non-hydrogen) atoms. The Balaban J connectivity index is 2.12. The van der Waals surface area contributed by atoms with Crippen molar-refractivity contribution in [2.45, 2.75) is 58.4 Å². The van der Waals surface area contributed by atoms with E-state index in [0.29, 0.717) is 0 Å². The van der Waals surface area contributed by atoms with Crippen molar-refractivity contribution in [1.82, 2.24) is 0 Å². The summed E-state index contributed by atoms with van der Waals surface area (Å²) in [6.07, 6.45) is 6.72. The van der Waals surface area contributed by atoms with Crippen LogP contribution in [0.3, 0.4) is 0 Å². The maximum atomic E-state index is 2.66. The van der Waals surface area contributed by atoms with Crippen molar-refractivity contribution in [3.63, 3.8) is 0 Å². The summed E-state index contributed by atoms with van der Waals surface area (Å²) in [6.45, 7) is 8.00. The molecule has 0 radical (unpaired) electrons. The van der Waals surface area contributed by atoms with Gasteiger partial charge in [0, 0.05) is 39.3 Å². The van der Waals surface area contributed by atoms with Crippen LogP contribution in [0.1, 0.15) is 57.1 Å². The van der Waals surface area contributed by atoms with Crippen molar-refractivity contribution >= 4 is 11.4 Å². The van der Waals surface area contributed by atoms with E-state index in [4.69, 9.17) is 0 Å². The number of fused-ring (bicyclic) bond motifs is 1. The first-order chi connectivity index (χ1) is 9.50. The minimum absolute atomic E-state index is 0.112. The molecule has 0 N–H and O–H groups in total. The molecule has 0 spiro atoms. The lowest BCUT2D eigenvalue weighted by Gasteiger charge is -2.38. The van der Waals surface area contributed by atoms with Gasteiger partial charge in [0.05, 0.1) is 5.69 Å². The predicted molar refractivity (Wildman–Crippen MR) is 85.8 cm³/mol. The molecule has 0 amide bonds. The van der Waals surface area contributed by atoms with Crippen LogP contribution in [0.15, 0.2) is 18.2 Å². The van der Waals surface area contributed by atoms with E-state index in [1.54, 1.807) is 5.71 Å². The van der Waals surface area contributed by atoms with Crippen LogP contribution < -0.4 is 4.90 Å². The topological polar surface area (TPSA) is 6.25 Å². The van der Waals surface area contributed by atoms with Gasteiger partial charge < -0.3 is 4.90 Å². The largest absolute Gasteiger partial charge is 0.320 e. The first-order valence-electron chi connectivity index (χ1n) is 7.95. The Kier molecular flexibility index (Phi) is 3.35. The van der Waals surface area contributed by atoms with E-state index < -0.39 is 0 Å². The molecule has 1 aliphatic heterocycles. The Morgan fingerprint density at radius 2 is 1.80 bits per heavy atom. The zero-order valence-corrected chi connectivity index (χ0v) is 13.4. The van der Waals surface area contributed by atoms with Gasteiger partial charge in [-0.05, 0) is 31.9 Å². The Labute approximate surface area is 123 Å². The molecule has 108 valence electrons. The van der Waals surface area contributed by atoms with Crippen molar-refractivity contribution in [2.24, 2.45) is 0 Å². The molecule has 1 heterocycles. The lowest BCUT2D eigenvalue weighted by molar-refractivity contribution is -0.614. The molecule has 0 bridgehead atoms. The van der Waals surface area contributed by atoms with E-state index in [2.05, 4.69) is 55.5 Å². The van der Waals surface area contributed by atoms with Crippen LogP contribution in [0.4, 0.5) is 5.69 Å². The molecule has 0 saturated heterocycles. The van der Waals surface area contributed by atoms with Crippen LogP contribution in [0.5, 0.6) is 0 Å². The Morgan fingerprint density at radius 3 is 2.50 bits per heavy atom. The van der Waals surface area contributed by atoms with Crippen molar-refractivity contribution in [3.05, 3.63) is 29.3 Å². The minimum atomic E-state index is 0.112. The molecule has 1 aromatic rings. The van der Waals surface area contributed by atoms with Gasteiger partial charge in [-0.15, -0.1) is 0 Å². The normalized spacial score (nSPS) is 21.9. The predicted octanol–water partition coefficient (Wildman–Crippen LogP) is 4.06. The first-order valence-corrected chi connectivity index (χ1v) is 7.95. The first kappa shape index (κ1) is 13.7. The average Bonchev–Trinajstić information content (AvgIpc) is 2.44. The van der Waals surface area contributed by atoms with Gasteiger partial charge in [-0.3, -0.25) is 0 Å². The molecule has 3 rings (SSSR count). The molecule has 1 fully saturated rings. The van der Waals surface area contributed by atoms with Crippen LogP contribution >= 0.6 is 0 Å². The van der Waals surface area contributed by atoms with Crippen molar-refractivity contribution in [2.75, 3.05) is 18.6 Å². The van der Waals surface area contributed by atoms with Crippen molar-refractivity contribution in [3.8, 4) is 0 Å². The van der Waals surface area contributed by atoms with Crippen LogP contribution in [0.2, 0.25) is 0 Å². The number of nitrogens with zero attached hydrogens (tertiary/aromatic N) is 2. The molecule has 1 aliphatic carbocycles. The third kappa shape index (κ3) is 2.15. The lowest BCUT2D eigenvalue weighted by Crippen LogP contribution is -2.49. The van der Waals surface area contributed by atoms with Crippen LogP contribution in [-0.4, -0.2) is 24.0 Å². The van der Waals surface area contributed by atoms with Gasteiger partial charge in [0.15, 0.2) is 11.3 Å². The third-order valence-corrected chi connectivity index (χ3v) is 5.06. The van der Waals surface area contributed by atoms with Gasteiger partial charge in [0.1, 0.15) is 0 Å². The highest BCUT2D eigenvalue weighted by Gasteiger charge is 2.42. The monoisotopic (exact) mass is 271 g/mol. The maximum absolute atomic E-state index is 2.66. The van der Waals surface area contributed by atoms with Gasteiger partial charge in [0.2, 0.25) is 6.67 Å². The molecular weight excluding hydrogens is 244 g/mol. The molecule has 2 aliphatic rings. The number of aryl methyl sites for hydroxylation is 1. The molecule has 0 aromatic heterocycles. The Bertz CT molecular complexity index is 547. The molecule has 1 aromatic carbocycles. The van der Waals surface area contributed by atoms with Gasteiger partial charge >= 0.3 is 0 Å². The highest BCUT2D eigenvalue weighted by Crippen LogP contribution is 2.38. The zero-order chi connectivity index (χ0) is 14.3. The number of benzene rings is 1. The van der Waals surface area contributed by atoms with Crippen molar-refractivity contribution < 1.29 is 4.58 Å². The summed E-state index contributed by atoms with van der Waals surface area (Å²) in [7, 11) is 2.22. The van der Waals surface area contributed by atoms with E-state index >= 15 is 0 Å². The number of hydrogen-bond acceptors (Lipinski definition) is 1. The summed E-state index contributed by atoms with van der Waals surface area (Å²) in [5.74, 6) is 0. The van der Waals surface area contributed by atoms with Gasteiger partial charge in [0.25, 0.3) is 0 Å². The molecule has 2 nitrogen and oxygen atoms in total. The second kappa shape index (κ2) is 4.91. The molecular formula is C18H27N2+. The second-order valence-electron chi connectivity index (χ2n) is 6.97. The quantitative estimate of drug-likeness (QED) is 0.645. The maximum Gasteiger partial charge on any atom is 0.219 e. The molecule has 1 saturated carbocycles. The van der Waals surface area contributed by atoms with Crippen LogP contribution in [0, 0.1) is 6.92 Å². The second-order valence-corrected chi connectivity index (χ2v) is 6.97. The smallest absolute Gasteiger partial charge is 0.219 e. The van der Waals surface area contributed by atoms with E-state index in [-0.39, 0.29) is 5.54 Å². The summed E-state index contributed by atoms with van der Waals surface area (Å²) < 4.78 is 2.66. The zero-order valence-electron chi connectivity index (χ0n) is 13.4. The number of rotatable bonds is 0. The summed E-state index contributed by atoms with van der Waals surface area (Å²) in [6, 6.07) is 6.89. The lowest BCUT2D eigenvalue weighted by atomic mass is 9.86. The molecule has 0 atom stereocenters. The number of anilines is 1. The Morgan fingerprint density at radius 1 is 1.10 bits per heavy atom. The highest BCUT2D eigenvalue weighted by atomic mass is 15.3. The fourth-order valence-corrected chi connectivity index (χ4v) is 3.81. The fraction of sp³-hybridized carbons (Fsp3) is 0.611. The van der Waals surface area contributed by atoms with Gasteiger partial charge in [-0.2, -0.15) is 0 Å². The van der Waals surface area contributed by atoms with E-state index in [0.717, 1.165) is 6.67 Å². The summed E-state index contributed by atoms with van der Waals surface area (Å²) in [5, 5.41) is 0. The highest BCUT2D eigenvalue weighted by molar-refractivity contribution is 5.81. The van der Waals surface area contributed by atoms with E-state index in [1.165, 1.54) is 48.9 Å².